The van der Waals surface area contributed by atoms with Gasteiger partial charge in [-0.2, -0.15) is 0 Å². The molecule has 1 fully saturated rings. The summed E-state index contributed by atoms with van der Waals surface area (Å²) in [5.41, 5.74) is 0.829. The zero-order valence-electron chi connectivity index (χ0n) is 15.4. The highest BCUT2D eigenvalue weighted by Gasteiger charge is 2.31. The molecule has 1 aliphatic heterocycles. The molecule has 142 valence electrons. The number of methoxy groups -OCH3 is 1. The molecule has 1 heterocycles. The molecular weight excluding hydrogens is 342 g/mol. The van der Waals surface area contributed by atoms with E-state index in [4.69, 9.17) is 14.2 Å². The van der Waals surface area contributed by atoms with Crippen molar-refractivity contribution < 1.29 is 22.6 Å². The lowest BCUT2D eigenvalue weighted by atomic mass is 10.1. The van der Waals surface area contributed by atoms with Crippen molar-refractivity contribution in [2.75, 3.05) is 26.9 Å². The van der Waals surface area contributed by atoms with Crippen LogP contribution in [0.25, 0.3) is 0 Å². The van der Waals surface area contributed by atoms with Crippen molar-refractivity contribution in [1.82, 2.24) is 4.72 Å². The molecule has 0 amide bonds. The van der Waals surface area contributed by atoms with Crippen LogP contribution in [-0.2, 0) is 14.8 Å². The largest absolute Gasteiger partial charge is 0.493 e. The summed E-state index contributed by atoms with van der Waals surface area (Å²) in [5, 5.41) is -0.476. The predicted molar refractivity (Wildman–Crippen MR) is 97.6 cm³/mol. The fourth-order valence-corrected chi connectivity index (χ4v) is 4.15. The fourth-order valence-electron chi connectivity index (χ4n) is 2.65. The molecule has 2 rings (SSSR count). The highest BCUT2D eigenvalue weighted by Crippen LogP contribution is 2.31. The van der Waals surface area contributed by atoms with Crippen molar-refractivity contribution in [2.24, 2.45) is 5.92 Å². The number of nitrogens with one attached hydrogen (secondary N) is 1. The summed E-state index contributed by atoms with van der Waals surface area (Å²) in [6.45, 7) is 7.49. The van der Waals surface area contributed by atoms with Crippen molar-refractivity contribution in [3.05, 3.63) is 23.8 Å². The van der Waals surface area contributed by atoms with Crippen LogP contribution >= 0.6 is 0 Å². The minimum Gasteiger partial charge on any atom is -0.493 e. The van der Waals surface area contributed by atoms with Gasteiger partial charge < -0.3 is 14.2 Å². The topological polar surface area (TPSA) is 73.9 Å². The summed E-state index contributed by atoms with van der Waals surface area (Å²) in [4.78, 5) is 0. The van der Waals surface area contributed by atoms with Gasteiger partial charge in [-0.25, -0.2) is 13.1 Å². The molecule has 0 bridgehead atoms. The summed E-state index contributed by atoms with van der Waals surface area (Å²) in [7, 11) is -1.83. The summed E-state index contributed by atoms with van der Waals surface area (Å²) in [5.74, 6) is 1.85. The van der Waals surface area contributed by atoms with E-state index in [1.54, 1.807) is 7.11 Å². The van der Waals surface area contributed by atoms with E-state index in [-0.39, 0.29) is 12.6 Å². The molecule has 0 aliphatic carbocycles. The van der Waals surface area contributed by atoms with E-state index in [1.807, 2.05) is 25.1 Å². The van der Waals surface area contributed by atoms with Crippen LogP contribution in [0.3, 0.4) is 0 Å². The molecule has 1 aromatic carbocycles. The Labute approximate surface area is 150 Å². The van der Waals surface area contributed by atoms with Crippen molar-refractivity contribution in [2.45, 2.75) is 44.9 Å². The molecule has 1 N–H and O–H groups in total. The van der Waals surface area contributed by atoms with Gasteiger partial charge in [0.25, 0.3) is 0 Å². The van der Waals surface area contributed by atoms with Gasteiger partial charge in [0.2, 0.25) is 10.0 Å². The second kappa shape index (κ2) is 8.87. The third-order valence-corrected chi connectivity index (χ3v) is 6.24. The number of rotatable bonds is 9. The van der Waals surface area contributed by atoms with Gasteiger partial charge in [0.1, 0.15) is 5.25 Å². The number of hydrogen-bond donors (Lipinski definition) is 1. The Morgan fingerprint density at radius 2 is 2.04 bits per heavy atom. The van der Waals surface area contributed by atoms with Crippen LogP contribution in [0.15, 0.2) is 18.2 Å². The molecule has 2 atom stereocenters. The van der Waals surface area contributed by atoms with Gasteiger partial charge in [-0.1, -0.05) is 19.9 Å². The summed E-state index contributed by atoms with van der Waals surface area (Å²) < 4.78 is 43.9. The minimum absolute atomic E-state index is 0.258. The van der Waals surface area contributed by atoms with Crippen molar-refractivity contribution in [3.63, 3.8) is 0 Å². The SMILES string of the molecule is COc1cc(C(C)NS(=O)(=O)C2CCOC2)ccc1OCCC(C)C. The Bertz CT molecular complexity index is 653. The molecule has 1 saturated heterocycles. The van der Waals surface area contributed by atoms with E-state index >= 15 is 0 Å². The molecule has 1 aromatic rings. The highest BCUT2D eigenvalue weighted by atomic mass is 32.2. The van der Waals surface area contributed by atoms with E-state index in [2.05, 4.69) is 18.6 Å². The second-order valence-corrected chi connectivity index (χ2v) is 8.80. The van der Waals surface area contributed by atoms with Crippen LogP contribution in [0, 0.1) is 5.92 Å². The molecule has 0 aromatic heterocycles. The van der Waals surface area contributed by atoms with Gasteiger partial charge in [-0.15, -0.1) is 0 Å². The van der Waals surface area contributed by atoms with Crippen LogP contribution in [0.5, 0.6) is 11.5 Å². The Morgan fingerprint density at radius 3 is 2.64 bits per heavy atom. The molecule has 7 heteroatoms. The average molecular weight is 371 g/mol. The van der Waals surface area contributed by atoms with Crippen LogP contribution in [0.2, 0.25) is 0 Å². The first-order chi connectivity index (χ1) is 11.8. The molecule has 0 radical (unpaired) electrons. The molecule has 0 spiro atoms. The lowest BCUT2D eigenvalue weighted by molar-refractivity contribution is 0.198. The zero-order chi connectivity index (χ0) is 18.4. The molecular formula is C18H29NO5S. The maximum Gasteiger partial charge on any atom is 0.217 e. The van der Waals surface area contributed by atoms with Gasteiger partial charge in [0.05, 0.1) is 20.3 Å². The highest BCUT2D eigenvalue weighted by molar-refractivity contribution is 7.90. The first-order valence-electron chi connectivity index (χ1n) is 8.73. The lowest BCUT2D eigenvalue weighted by Crippen LogP contribution is -2.36. The maximum atomic E-state index is 12.4. The Balaban J connectivity index is 2.05. The Morgan fingerprint density at radius 1 is 1.28 bits per heavy atom. The normalized spacial score (nSPS) is 19.2. The molecule has 25 heavy (non-hydrogen) atoms. The van der Waals surface area contributed by atoms with E-state index in [1.165, 1.54) is 0 Å². The smallest absolute Gasteiger partial charge is 0.217 e. The van der Waals surface area contributed by atoms with E-state index < -0.39 is 15.3 Å². The monoisotopic (exact) mass is 371 g/mol. The standard InChI is InChI=1S/C18H29NO5S/c1-13(2)7-10-24-17-6-5-15(11-18(17)22-4)14(3)19-25(20,21)16-8-9-23-12-16/h5-6,11,13-14,16,19H,7-10,12H2,1-4H3. The van der Waals surface area contributed by atoms with Gasteiger partial charge in [0, 0.05) is 12.6 Å². The summed E-state index contributed by atoms with van der Waals surface area (Å²) >= 11 is 0. The molecule has 1 aliphatic rings. The number of ether oxygens (including phenoxy) is 3. The van der Waals surface area contributed by atoms with Gasteiger partial charge in [0.15, 0.2) is 11.5 Å². The van der Waals surface area contributed by atoms with Gasteiger partial charge >= 0.3 is 0 Å². The van der Waals surface area contributed by atoms with Crippen molar-refractivity contribution in [3.8, 4) is 11.5 Å². The molecule has 0 saturated carbocycles. The fraction of sp³-hybridized carbons (Fsp3) is 0.667. The van der Waals surface area contributed by atoms with Gasteiger partial charge in [-0.3, -0.25) is 0 Å². The summed E-state index contributed by atoms with van der Waals surface area (Å²) in [6, 6.07) is 5.16. The zero-order valence-corrected chi connectivity index (χ0v) is 16.3. The first kappa shape index (κ1) is 20.0. The predicted octanol–water partition coefficient (Wildman–Crippen LogP) is 2.89. The van der Waals surface area contributed by atoms with Crippen molar-refractivity contribution in [1.29, 1.82) is 0 Å². The Kier molecular flexibility index (Phi) is 7.10. The third kappa shape index (κ3) is 5.59. The summed E-state index contributed by atoms with van der Waals surface area (Å²) in [6.07, 6.45) is 1.50. The number of hydrogen-bond acceptors (Lipinski definition) is 5. The Hall–Kier alpha value is -1.31. The van der Waals surface area contributed by atoms with Crippen molar-refractivity contribution >= 4 is 10.0 Å². The quantitative estimate of drug-likeness (QED) is 0.722. The van der Waals surface area contributed by atoms with Crippen LogP contribution < -0.4 is 14.2 Å². The third-order valence-electron chi connectivity index (χ3n) is 4.31. The maximum absolute atomic E-state index is 12.4. The first-order valence-corrected chi connectivity index (χ1v) is 10.3. The van der Waals surface area contributed by atoms with Crippen LogP contribution in [-0.4, -0.2) is 40.6 Å². The molecule has 2 unspecified atom stereocenters. The lowest BCUT2D eigenvalue weighted by Gasteiger charge is -2.19. The van der Waals surface area contributed by atoms with E-state index in [9.17, 15) is 8.42 Å². The second-order valence-electron chi connectivity index (χ2n) is 6.81. The van der Waals surface area contributed by atoms with E-state index in [0.717, 1.165) is 12.0 Å². The minimum atomic E-state index is -3.41. The molecule has 6 nitrogen and oxygen atoms in total. The number of benzene rings is 1. The van der Waals surface area contributed by atoms with Gasteiger partial charge in [-0.05, 0) is 43.4 Å². The van der Waals surface area contributed by atoms with Crippen LogP contribution in [0.4, 0.5) is 0 Å². The van der Waals surface area contributed by atoms with E-state index in [0.29, 0.717) is 37.1 Å². The number of sulfonamides is 1. The average Bonchev–Trinajstić information content (AvgIpc) is 3.09. The van der Waals surface area contributed by atoms with Crippen LogP contribution in [0.1, 0.15) is 45.2 Å².